The van der Waals surface area contributed by atoms with Gasteiger partial charge < -0.3 is 5.32 Å². The topological polar surface area (TPSA) is 108 Å². The molecule has 0 atom stereocenters. The van der Waals surface area contributed by atoms with Gasteiger partial charge in [0, 0.05) is 27.9 Å². The van der Waals surface area contributed by atoms with Gasteiger partial charge in [-0.1, -0.05) is 41.4 Å². The van der Waals surface area contributed by atoms with Gasteiger partial charge in [-0.05, 0) is 49.2 Å². The zero-order valence-corrected chi connectivity index (χ0v) is 19.8. The molecule has 2 aromatic heterocycles. The van der Waals surface area contributed by atoms with Gasteiger partial charge in [0.25, 0.3) is 5.91 Å². The summed E-state index contributed by atoms with van der Waals surface area (Å²) in [5.41, 5.74) is 2.89. The molecule has 2 heterocycles. The molecule has 0 aliphatic carbocycles. The molecular formula is C23H20Cl2N6O3. The first-order valence-electron chi connectivity index (χ1n) is 10.3. The Morgan fingerprint density at radius 1 is 1.09 bits per heavy atom. The number of hydrogen-bond donors (Lipinski definition) is 1. The predicted molar refractivity (Wildman–Crippen MR) is 130 cm³/mol. The lowest BCUT2D eigenvalue weighted by atomic mass is 10.1. The monoisotopic (exact) mass is 498 g/mol. The van der Waals surface area contributed by atoms with Gasteiger partial charge in [0.15, 0.2) is 5.82 Å². The van der Waals surface area contributed by atoms with Crippen LogP contribution in [0.1, 0.15) is 32.9 Å². The van der Waals surface area contributed by atoms with Crippen molar-refractivity contribution in [3.05, 3.63) is 103 Å². The molecule has 0 spiro atoms. The first-order chi connectivity index (χ1) is 16.2. The molecule has 0 saturated heterocycles. The van der Waals surface area contributed by atoms with Crippen LogP contribution in [0.15, 0.2) is 54.7 Å². The van der Waals surface area contributed by atoms with E-state index in [0.29, 0.717) is 45.9 Å². The van der Waals surface area contributed by atoms with Gasteiger partial charge in [-0.15, -0.1) is 0 Å². The van der Waals surface area contributed by atoms with Crippen LogP contribution < -0.4 is 5.32 Å². The Labute approximate surface area is 205 Å². The van der Waals surface area contributed by atoms with Crippen molar-refractivity contribution in [2.45, 2.75) is 26.9 Å². The molecule has 4 rings (SSSR count). The third kappa shape index (κ3) is 5.11. The minimum Gasteiger partial charge on any atom is -0.305 e. The van der Waals surface area contributed by atoms with Crippen LogP contribution in [0, 0.1) is 24.0 Å². The second kappa shape index (κ2) is 9.66. The summed E-state index contributed by atoms with van der Waals surface area (Å²) in [6, 6.07) is 14.0. The molecule has 4 aromatic rings. The minimum atomic E-state index is -0.432. The zero-order valence-electron chi connectivity index (χ0n) is 18.3. The van der Waals surface area contributed by atoms with Gasteiger partial charge in [-0.3, -0.25) is 24.3 Å². The van der Waals surface area contributed by atoms with E-state index < -0.39 is 4.92 Å². The lowest BCUT2D eigenvalue weighted by Crippen LogP contribution is -2.14. The van der Waals surface area contributed by atoms with E-state index >= 15 is 0 Å². The number of nitrogens with one attached hydrogen (secondary N) is 1. The van der Waals surface area contributed by atoms with Gasteiger partial charge in [-0.25, -0.2) is 0 Å². The van der Waals surface area contributed by atoms with Gasteiger partial charge in [-0.2, -0.15) is 10.2 Å². The number of carbonyl (C=O) groups is 1. The Balaban J connectivity index is 1.45. The lowest BCUT2D eigenvalue weighted by molar-refractivity contribution is -0.386. The molecule has 2 aromatic carbocycles. The van der Waals surface area contributed by atoms with Gasteiger partial charge in [0.1, 0.15) is 11.4 Å². The summed E-state index contributed by atoms with van der Waals surface area (Å²) in [4.78, 5) is 23.6. The van der Waals surface area contributed by atoms with Crippen LogP contribution in [0.5, 0.6) is 0 Å². The molecular weight excluding hydrogens is 479 g/mol. The summed E-state index contributed by atoms with van der Waals surface area (Å²) < 4.78 is 3.23. The van der Waals surface area contributed by atoms with E-state index in [0.717, 1.165) is 11.1 Å². The summed E-state index contributed by atoms with van der Waals surface area (Å²) in [6.45, 7) is 3.99. The van der Waals surface area contributed by atoms with Crippen LogP contribution in [0.2, 0.25) is 10.0 Å². The molecule has 9 nitrogen and oxygen atoms in total. The van der Waals surface area contributed by atoms with Crippen LogP contribution in [0.25, 0.3) is 0 Å². The Hall–Kier alpha value is -3.69. The molecule has 174 valence electrons. The second-order valence-corrected chi connectivity index (χ2v) is 8.57. The molecule has 0 aliphatic rings. The highest BCUT2D eigenvalue weighted by Gasteiger charge is 2.21. The number of rotatable bonds is 7. The number of benzene rings is 2. The first-order valence-corrected chi connectivity index (χ1v) is 11.0. The Morgan fingerprint density at radius 2 is 1.88 bits per heavy atom. The lowest BCUT2D eigenvalue weighted by Gasteiger charge is -2.07. The van der Waals surface area contributed by atoms with Crippen LogP contribution in [0.3, 0.4) is 0 Å². The van der Waals surface area contributed by atoms with E-state index in [2.05, 4.69) is 15.5 Å². The van der Waals surface area contributed by atoms with Crippen molar-refractivity contribution in [2.24, 2.45) is 0 Å². The Kier molecular flexibility index (Phi) is 6.67. The van der Waals surface area contributed by atoms with Crippen molar-refractivity contribution in [3.63, 3.8) is 0 Å². The normalized spacial score (nSPS) is 10.9. The number of nitrogens with zero attached hydrogens (tertiary/aromatic N) is 5. The highest BCUT2D eigenvalue weighted by atomic mass is 35.5. The fraction of sp³-hybridized carbons (Fsp3) is 0.174. The number of aromatic nitrogens is 4. The standard InChI is InChI=1S/C23H20Cl2N6O3/c1-14-22(31(33)34)15(2)30(27-14)12-16-4-3-5-17(10-16)23(32)26-21-8-9-29(28-21)13-18-6-7-19(24)11-20(18)25/h3-11H,12-13H2,1-2H3,(H,26,28,32). The van der Waals surface area contributed by atoms with Crippen molar-refractivity contribution in [1.82, 2.24) is 19.6 Å². The van der Waals surface area contributed by atoms with E-state index in [9.17, 15) is 14.9 Å². The molecule has 0 unspecified atom stereocenters. The number of carbonyl (C=O) groups excluding carboxylic acids is 1. The van der Waals surface area contributed by atoms with Crippen LogP contribution in [-0.2, 0) is 13.1 Å². The number of aryl methyl sites for hydroxylation is 1. The highest BCUT2D eigenvalue weighted by Crippen LogP contribution is 2.23. The maximum absolute atomic E-state index is 12.8. The van der Waals surface area contributed by atoms with E-state index in [4.69, 9.17) is 23.2 Å². The number of nitro groups is 1. The Morgan fingerprint density at radius 3 is 2.59 bits per heavy atom. The fourth-order valence-electron chi connectivity index (χ4n) is 3.62. The molecule has 0 saturated carbocycles. The molecule has 0 radical (unpaired) electrons. The summed E-state index contributed by atoms with van der Waals surface area (Å²) in [7, 11) is 0. The fourth-order valence-corrected chi connectivity index (χ4v) is 4.09. The molecule has 0 fully saturated rings. The first kappa shape index (κ1) is 23.5. The number of anilines is 1. The largest absolute Gasteiger partial charge is 0.312 e. The molecule has 1 amide bonds. The smallest absolute Gasteiger partial charge is 0.305 e. The Bertz CT molecular complexity index is 1400. The van der Waals surface area contributed by atoms with E-state index in [1.165, 1.54) is 0 Å². The van der Waals surface area contributed by atoms with E-state index in [1.807, 2.05) is 12.1 Å². The number of halogens is 2. The molecule has 34 heavy (non-hydrogen) atoms. The van der Waals surface area contributed by atoms with Crippen LogP contribution in [0.4, 0.5) is 11.5 Å². The number of hydrogen-bond acceptors (Lipinski definition) is 5. The molecule has 1 N–H and O–H groups in total. The summed E-state index contributed by atoms with van der Waals surface area (Å²) >= 11 is 12.2. The van der Waals surface area contributed by atoms with Crippen molar-refractivity contribution < 1.29 is 9.72 Å². The number of amides is 1. The molecule has 11 heteroatoms. The highest BCUT2D eigenvalue weighted by molar-refractivity contribution is 6.35. The maximum Gasteiger partial charge on any atom is 0.312 e. The van der Waals surface area contributed by atoms with Crippen LogP contribution >= 0.6 is 23.2 Å². The zero-order chi connectivity index (χ0) is 24.4. The van der Waals surface area contributed by atoms with Crippen molar-refractivity contribution in [2.75, 3.05) is 5.32 Å². The SMILES string of the molecule is Cc1nn(Cc2cccc(C(=O)Nc3ccn(Cc4ccc(Cl)cc4Cl)n3)c2)c(C)c1[N+](=O)[O-]. The predicted octanol–water partition coefficient (Wildman–Crippen LogP) is 5.26. The van der Waals surface area contributed by atoms with Gasteiger partial charge in [0.05, 0.1) is 18.0 Å². The molecule has 0 bridgehead atoms. The van der Waals surface area contributed by atoms with Crippen molar-refractivity contribution >= 4 is 40.6 Å². The van der Waals surface area contributed by atoms with Crippen LogP contribution in [-0.4, -0.2) is 30.4 Å². The summed E-state index contributed by atoms with van der Waals surface area (Å²) in [5, 5.41) is 23.8. The van der Waals surface area contributed by atoms with Gasteiger partial charge >= 0.3 is 5.69 Å². The van der Waals surface area contributed by atoms with Crippen molar-refractivity contribution in [1.29, 1.82) is 0 Å². The summed E-state index contributed by atoms with van der Waals surface area (Å²) in [5.74, 6) is 0.0747. The average Bonchev–Trinajstić information content (AvgIpc) is 3.33. The minimum absolute atomic E-state index is 0.00405. The van der Waals surface area contributed by atoms with Gasteiger partial charge in [0.2, 0.25) is 0 Å². The summed E-state index contributed by atoms with van der Waals surface area (Å²) in [6.07, 6.45) is 1.74. The van der Waals surface area contributed by atoms with Crippen molar-refractivity contribution in [3.8, 4) is 0 Å². The quantitative estimate of drug-likeness (QED) is 0.276. The molecule has 0 aliphatic heterocycles. The second-order valence-electron chi connectivity index (χ2n) is 7.72. The average molecular weight is 499 g/mol. The third-order valence-corrected chi connectivity index (χ3v) is 5.86. The van der Waals surface area contributed by atoms with E-state index in [1.54, 1.807) is 65.8 Å². The van der Waals surface area contributed by atoms with E-state index in [-0.39, 0.29) is 11.6 Å². The third-order valence-electron chi connectivity index (χ3n) is 5.28. The maximum atomic E-state index is 12.8.